The molecular formula is C11H18BNO3. The Balaban J connectivity index is 2.76. The van der Waals surface area contributed by atoms with Crippen LogP contribution in [0.4, 0.5) is 0 Å². The predicted molar refractivity (Wildman–Crippen MR) is 63.3 cm³/mol. The second-order valence-electron chi connectivity index (χ2n) is 4.79. The molecule has 0 aliphatic carbocycles. The maximum atomic E-state index is 9.88. The topological polar surface area (TPSA) is 62.6 Å². The van der Waals surface area contributed by atoms with E-state index in [0.717, 1.165) is 0 Å². The van der Waals surface area contributed by atoms with Gasteiger partial charge in [-0.25, -0.2) is 0 Å². The van der Waals surface area contributed by atoms with Crippen LogP contribution in [-0.2, 0) is 4.65 Å². The van der Waals surface area contributed by atoms with E-state index >= 15 is 0 Å². The van der Waals surface area contributed by atoms with Crippen LogP contribution in [0.15, 0.2) is 24.4 Å². The quantitative estimate of drug-likeness (QED) is 0.722. The monoisotopic (exact) mass is 223 g/mol. The molecule has 1 aromatic rings. The lowest BCUT2D eigenvalue weighted by atomic mass is 9.80. The number of hydrogen-bond acceptors (Lipinski definition) is 4. The van der Waals surface area contributed by atoms with E-state index in [1.807, 2.05) is 0 Å². The van der Waals surface area contributed by atoms with Crippen molar-refractivity contribution in [2.75, 3.05) is 0 Å². The van der Waals surface area contributed by atoms with Gasteiger partial charge < -0.3 is 14.8 Å². The van der Waals surface area contributed by atoms with Gasteiger partial charge in [0.2, 0.25) is 0 Å². The fraction of sp³-hybridized carbons (Fsp3) is 0.545. The van der Waals surface area contributed by atoms with E-state index in [1.54, 1.807) is 52.1 Å². The average molecular weight is 223 g/mol. The molecule has 1 rings (SSSR count). The van der Waals surface area contributed by atoms with Gasteiger partial charge in [-0.1, -0.05) is 6.07 Å². The second kappa shape index (κ2) is 4.53. The lowest BCUT2D eigenvalue weighted by Gasteiger charge is -2.38. The molecule has 0 fully saturated rings. The number of nitrogens with zero attached hydrogens (tertiary/aromatic N) is 1. The fourth-order valence-electron chi connectivity index (χ4n) is 1.01. The van der Waals surface area contributed by atoms with E-state index in [4.69, 9.17) is 4.65 Å². The minimum atomic E-state index is -1.14. The molecule has 0 spiro atoms. The van der Waals surface area contributed by atoms with Crippen molar-refractivity contribution in [2.45, 2.75) is 38.9 Å². The molecule has 1 heterocycles. The summed E-state index contributed by atoms with van der Waals surface area (Å²) in [5.74, 6) is 0. The van der Waals surface area contributed by atoms with Gasteiger partial charge in [-0.05, 0) is 39.8 Å². The van der Waals surface area contributed by atoms with Crippen LogP contribution in [0, 0.1) is 0 Å². The van der Waals surface area contributed by atoms with E-state index in [0.29, 0.717) is 5.59 Å². The van der Waals surface area contributed by atoms with Crippen LogP contribution in [0.2, 0.25) is 0 Å². The summed E-state index contributed by atoms with van der Waals surface area (Å²) in [6.45, 7) is 6.72. The van der Waals surface area contributed by atoms with Crippen molar-refractivity contribution >= 4 is 12.7 Å². The van der Waals surface area contributed by atoms with E-state index in [9.17, 15) is 10.1 Å². The Kier molecular flexibility index (Phi) is 3.73. The second-order valence-corrected chi connectivity index (χ2v) is 4.79. The molecule has 0 unspecified atom stereocenters. The van der Waals surface area contributed by atoms with E-state index in [-0.39, 0.29) is 0 Å². The highest BCUT2D eigenvalue weighted by molar-refractivity contribution is 6.59. The highest BCUT2D eigenvalue weighted by atomic mass is 16.5. The zero-order valence-electron chi connectivity index (χ0n) is 10.1. The van der Waals surface area contributed by atoms with Crippen molar-refractivity contribution < 1.29 is 14.8 Å². The van der Waals surface area contributed by atoms with Crippen LogP contribution < -0.4 is 5.59 Å². The smallest absolute Gasteiger partial charge is 0.422 e. The summed E-state index contributed by atoms with van der Waals surface area (Å²) >= 11 is 0. The normalized spacial score (nSPS) is 12.6. The van der Waals surface area contributed by atoms with Crippen LogP contribution in [0.5, 0.6) is 0 Å². The summed E-state index contributed by atoms with van der Waals surface area (Å²) in [4.78, 5) is 3.99. The SMILES string of the molecule is CC(C)(O)C(C)(C)OB(O)c1ccccn1. The zero-order chi connectivity index (χ0) is 12.4. The molecule has 4 nitrogen and oxygen atoms in total. The van der Waals surface area contributed by atoms with Crippen molar-refractivity contribution in [3.05, 3.63) is 24.4 Å². The van der Waals surface area contributed by atoms with Crippen molar-refractivity contribution in [3.63, 3.8) is 0 Å². The summed E-state index contributed by atoms with van der Waals surface area (Å²) in [6.07, 6.45) is 1.58. The highest BCUT2D eigenvalue weighted by Gasteiger charge is 2.39. The third kappa shape index (κ3) is 3.04. The standard InChI is InChI=1S/C11H18BNO3/c1-10(2,14)11(3,4)16-12(15)9-7-5-6-8-13-9/h5-8,14-15H,1-4H3. The van der Waals surface area contributed by atoms with Crippen LogP contribution in [0.25, 0.3) is 0 Å². The first-order valence-electron chi connectivity index (χ1n) is 5.23. The summed E-state index contributed by atoms with van der Waals surface area (Å²) < 4.78 is 5.43. The lowest BCUT2D eigenvalue weighted by molar-refractivity contribution is -0.0983. The molecular weight excluding hydrogens is 205 g/mol. The first-order chi connectivity index (χ1) is 7.24. The first-order valence-corrected chi connectivity index (χ1v) is 5.23. The third-order valence-corrected chi connectivity index (χ3v) is 2.82. The van der Waals surface area contributed by atoms with Gasteiger partial charge >= 0.3 is 7.12 Å². The van der Waals surface area contributed by atoms with Crippen LogP contribution in [-0.4, -0.2) is 33.4 Å². The Bertz CT molecular complexity index is 335. The van der Waals surface area contributed by atoms with Crippen LogP contribution in [0.3, 0.4) is 0 Å². The van der Waals surface area contributed by atoms with Crippen molar-refractivity contribution in [2.24, 2.45) is 0 Å². The molecule has 0 aromatic carbocycles. The van der Waals surface area contributed by atoms with Gasteiger partial charge in [0.1, 0.15) is 0 Å². The minimum absolute atomic E-state index is 0.430. The van der Waals surface area contributed by atoms with E-state index in [1.165, 1.54) is 0 Å². The number of aliphatic hydroxyl groups is 1. The largest absolute Gasteiger partial charge is 0.511 e. The molecule has 1 aromatic heterocycles. The number of aromatic nitrogens is 1. The number of rotatable bonds is 4. The maximum absolute atomic E-state index is 9.88. The lowest BCUT2D eigenvalue weighted by Crippen LogP contribution is -2.53. The molecule has 0 bridgehead atoms. The summed E-state index contributed by atoms with van der Waals surface area (Å²) in [5.41, 5.74) is -1.49. The molecule has 88 valence electrons. The third-order valence-electron chi connectivity index (χ3n) is 2.82. The molecule has 0 radical (unpaired) electrons. The molecule has 5 heteroatoms. The number of hydrogen-bond donors (Lipinski definition) is 2. The van der Waals surface area contributed by atoms with Gasteiger partial charge in [-0.3, -0.25) is 4.98 Å². The molecule has 0 saturated heterocycles. The average Bonchev–Trinajstić information content (AvgIpc) is 2.16. The van der Waals surface area contributed by atoms with Gasteiger partial charge in [0.15, 0.2) is 0 Å². The molecule has 0 atom stereocenters. The minimum Gasteiger partial charge on any atom is -0.422 e. The van der Waals surface area contributed by atoms with Gasteiger partial charge in [0, 0.05) is 6.20 Å². The Morgan fingerprint density at radius 3 is 2.31 bits per heavy atom. The van der Waals surface area contributed by atoms with E-state index in [2.05, 4.69) is 4.98 Å². The fourth-order valence-corrected chi connectivity index (χ4v) is 1.01. The van der Waals surface area contributed by atoms with Gasteiger partial charge in [0.05, 0.1) is 16.8 Å². The van der Waals surface area contributed by atoms with Crippen molar-refractivity contribution in [1.82, 2.24) is 4.98 Å². The van der Waals surface area contributed by atoms with Gasteiger partial charge in [0.25, 0.3) is 0 Å². The maximum Gasteiger partial charge on any atom is 0.511 e. The Hall–Kier alpha value is -0.905. The molecule has 0 aliphatic heterocycles. The molecule has 16 heavy (non-hydrogen) atoms. The van der Waals surface area contributed by atoms with Crippen molar-refractivity contribution in [1.29, 1.82) is 0 Å². The van der Waals surface area contributed by atoms with Gasteiger partial charge in [-0.15, -0.1) is 0 Å². The Morgan fingerprint density at radius 2 is 1.88 bits per heavy atom. The molecule has 2 N–H and O–H groups in total. The molecule has 0 amide bonds. The molecule has 0 aliphatic rings. The number of pyridine rings is 1. The predicted octanol–water partition coefficient (Wildman–Crippen LogP) is 0.335. The van der Waals surface area contributed by atoms with Crippen LogP contribution >= 0.6 is 0 Å². The summed E-state index contributed by atoms with van der Waals surface area (Å²) in [5, 5.41) is 19.7. The Labute approximate surface area is 96.4 Å². The van der Waals surface area contributed by atoms with E-state index < -0.39 is 18.3 Å². The summed E-state index contributed by atoms with van der Waals surface area (Å²) in [7, 11) is -1.14. The zero-order valence-corrected chi connectivity index (χ0v) is 10.1. The first kappa shape index (κ1) is 13.2. The van der Waals surface area contributed by atoms with Crippen LogP contribution in [0.1, 0.15) is 27.7 Å². The highest BCUT2D eigenvalue weighted by Crippen LogP contribution is 2.25. The summed E-state index contributed by atoms with van der Waals surface area (Å²) in [6, 6.07) is 5.20. The Morgan fingerprint density at radius 1 is 1.25 bits per heavy atom. The van der Waals surface area contributed by atoms with Crippen molar-refractivity contribution in [3.8, 4) is 0 Å². The molecule has 0 saturated carbocycles. The van der Waals surface area contributed by atoms with Gasteiger partial charge in [-0.2, -0.15) is 0 Å².